The SMILES string of the molecule is CC(C)(COP(=O)(O)OP(=O)(O)OCC1OC(n2cnc3c(N)ncnc32)C(O)C1OP(=O)(O)O)C(O)C(=O)NCCC(=O)NCCSC(=O)CCCc1ccccc1. The van der Waals surface area contributed by atoms with Crippen LogP contribution in [0.5, 0.6) is 0 Å². The second-order valence-corrected chi connectivity index (χ2v) is 19.0. The first-order valence-electron chi connectivity index (χ1n) is 17.7. The monoisotopic (exact) mass is 913 g/mol. The molecule has 28 heteroatoms. The molecule has 2 aromatic heterocycles. The molecule has 3 aromatic rings. The highest BCUT2D eigenvalue weighted by molar-refractivity contribution is 8.13. The molecule has 10 N–H and O–H groups in total. The normalized spacial score (nSPS) is 21.1. The second-order valence-electron chi connectivity index (χ2n) is 13.6. The molecular weight excluding hydrogens is 867 g/mol. The Morgan fingerprint density at radius 3 is 2.39 bits per heavy atom. The number of nitrogens with one attached hydrogen (secondary N) is 2. The zero-order valence-corrected chi connectivity index (χ0v) is 35.1. The number of hydrogen-bond donors (Lipinski definition) is 9. The Balaban J connectivity index is 1.19. The number of benzene rings is 1. The van der Waals surface area contributed by atoms with Gasteiger partial charge < -0.3 is 50.9 Å². The average Bonchev–Trinajstić information content (AvgIpc) is 3.71. The Bertz CT molecular complexity index is 2060. The molecule has 0 aliphatic carbocycles. The topological polar surface area (TPSA) is 364 Å². The van der Waals surface area contributed by atoms with Gasteiger partial charge in [-0.15, -0.1) is 0 Å². The van der Waals surface area contributed by atoms with Crippen molar-refractivity contribution in [3.8, 4) is 0 Å². The molecule has 1 aromatic carbocycles. The van der Waals surface area contributed by atoms with Crippen LogP contribution in [0.15, 0.2) is 43.0 Å². The first-order valence-corrected chi connectivity index (χ1v) is 23.2. The number of aromatic nitrogens is 4. The molecule has 2 amide bonds. The van der Waals surface area contributed by atoms with Gasteiger partial charge in [-0.3, -0.25) is 32.5 Å². The van der Waals surface area contributed by atoms with Crippen molar-refractivity contribution in [1.82, 2.24) is 30.2 Å². The van der Waals surface area contributed by atoms with E-state index >= 15 is 0 Å². The molecule has 4 rings (SSSR count). The number of aryl methyl sites for hydroxylation is 1. The fourth-order valence-electron chi connectivity index (χ4n) is 5.45. The van der Waals surface area contributed by atoms with E-state index in [4.69, 9.17) is 19.5 Å². The lowest BCUT2D eigenvalue weighted by Crippen LogP contribution is -2.46. The molecule has 7 atom stereocenters. The molecule has 0 radical (unpaired) electrons. The number of aliphatic hydroxyl groups is 2. The van der Waals surface area contributed by atoms with Gasteiger partial charge in [0.2, 0.25) is 11.8 Å². The Kier molecular flexibility index (Phi) is 17.3. The van der Waals surface area contributed by atoms with Crippen molar-refractivity contribution < 1.29 is 80.5 Å². The van der Waals surface area contributed by atoms with Crippen LogP contribution in [0.1, 0.15) is 44.9 Å². The molecule has 1 fully saturated rings. The number of carbonyl (C=O) groups is 3. The number of thioether (sulfide) groups is 1. The zero-order chi connectivity index (χ0) is 43.6. The number of anilines is 1. The number of carbonyl (C=O) groups excluding carboxylic acids is 3. The van der Waals surface area contributed by atoms with E-state index in [0.717, 1.165) is 41.0 Å². The van der Waals surface area contributed by atoms with E-state index in [1.165, 1.54) is 13.8 Å². The summed E-state index contributed by atoms with van der Waals surface area (Å²) in [4.78, 5) is 87.9. The van der Waals surface area contributed by atoms with Gasteiger partial charge in [0.05, 0.1) is 19.5 Å². The summed E-state index contributed by atoms with van der Waals surface area (Å²) in [5.41, 5.74) is 5.41. The lowest BCUT2D eigenvalue weighted by atomic mass is 9.87. The molecule has 1 saturated heterocycles. The zero-order valence-electron chi connectivity index (χ0n) is 31.6. The summed E-state index contributed by atoms with van der Waals surface area (Å²) in [5.74, 6) is -1.09. The smallest absolute Gasteiger partial charge is 0.386 e. The molecule has 7 unspecified atom stereocenters. The summed E-state index contributed by atoms with van der Waals surface area (Å²) >= 11 is 1.11. The lowest BCUT2D eigenvalue weighted by molar-refractivity contribution is -0.137. The fourth-order valence-corrected chi connectivity index (χ4v) is 9.00. The maximum atomic E-state index is 12.7. The molecule has 0 saturated carbocycles. The molecule has 3 heterocycles. The summed E-state index contributed by atoms with van der Waals surface area (Å²) in [6.07, 6.45) is -5.02. The summed E-state index contributed by atoms with van der Waals surface area (Å²) in [5, 5.41) is 26.5. The van der Waals surface area contributed by atoms with Gasteiger partial charge in [0, 0.05) is 37.1 Å². The highest BCUT2D eigenvalue weighted by Crippen LogP contribution is 2.61. The van der Waals surface area contributed by atoms with Gasteiger partial charge in [0.25, 0.3) is 0 Å². The molecule has 24 nitrogen and oxygen atoms in total. The van der Waals surface area contributed by atoms with Gasteiger partial charge in [-0.2, -0.15) is 4.31 Å². The van der Waals surface area contributed by atoms with E-state index < -0.39 is 84.6 Å². The van der Waals surface area contributed by atoms with Gasteiger partial charge in [0.15, 0.2) is 22.8 Å². The highest BCUT2D eigenvalue weighted by Gasteiger charge is 2.50. The lowest BCUT2D eigenvalue weighted by Gasteiger charge is -2.30. The van der Waals surface area contributed by atoms with Crippen molar-refractivity contribution in [3.05, 3.63) is 48.5 Å². The van der Waals surface area contributed by atoms with Gasteiger partial charge in [-0.1, -0.05) is 55.9 Å². The number of nitrogens with two attached hydrogens (primary N) is 1. The number of fused-ring (bicyclic) bond motifs is 1. The van der Waals surface area contributed by atoms with Crippen LogP contribution < -0.4 is 16.4 Å². The van der Waals surface area contributed by atoms with Crippen molar-refractivity contribution in [2.24, 2.45) is 5.41 Å². The minimum Gasteiger partial charge on any atom is -0.386 e. The van der Waals surface area contributed by atoms with Gasteiger partial charge in [-0.25, -0.2) is 28.6 Å². The van der Waals surface area contributed by atoms with Gasteiger partial charge in [-0.05, 0) is 18.4 Å². The maximum Gasteiger partial charge on any atom is 0.481 e. The largest absolute Gasteiger partial charge is 0.481 e. The Labute approximate surface area is 341 Å². The molecular formula is C31H46N7O17P3S. The first-order chi connectivity index (χ1) is 27.6. The quantitative estimate of drug-likeness (QED) is 0.0467. The number of nitrogens with zero attached hydrogens (tertiary/aromatic N) is 4. The van der Waals surface area contributed by atoms with Crippen LogP contribution in [0, 0.1) is 5.41 Å². The Morgan fingerprint density at radius 2 is 1.69 bits per heavy atom. The van der Waals surface area contributed by atoms with Crippen molar-refractivity contribution in [2.75, 3.05) is 37.8 Å². The number of phosphoric ester groups is 3. The standard InChI is InChI=1S/C31H46N7O17P3S/c1-31(2,26(42)29(43)34-12-11-21(39)33-13-14-59-22(40)10-6-9-19-7-4-3-5-8-19)16-52-58(49,50)55-57(47,48)51-15-20-25(54-56(44,45)46)24(41)30(53-20)38-18-37-23-27(32)35-17-36-28(23)38/h3-5,7-8,17-18,20,24-26,30,41-42H,6,9-16H2,1-2H3,(H,33,39)(H,34,43)(H,47,48)(H,49,50)(H2,32,35,36)(H2,44,45,46). The molecule has 1 aliphatic rings. The minimum absolute atomic E-state index is 0.00658. The summed E-state index contributed by atoms with van der Waals surface area (Å²) in [6, 6.07) is 9.77. The van der Waals surface area contributed by atoms with Crippen molar-refractivity contribution in [3.63, 3.8) is 0 Å². The van der Waals surface area contributed by atoms with E-state index in [1.54, 1.807) is 0 Å². The molecule has 328 valence electrons. The third-order valence-electron chi connectivity index (χ3n) is 8.45. The fraction of sp³-hybridized carbons (Fsp3) is 0.548. The van der Waals surface area contributed by atoms with Crippen LogP contribution in [0.3, 0.4) is 0 Å². The van der Waals surface area contributed by atoms with Crippen LogP contribution in [0.25, 0.3) is 11.2 Å². The van der Waals surface area contributed by atoms with Crippen LogP contribution in [-0.4, -0.2) is 123 Å². The number of aliphatic hydroxyl groups excluding tert-OH is 2. The van der Waals surface area contributed by atoms with Crippen LogP contribution in [-0.2, 0) is 57.1 Å². The third-order valence-corrected chi connectivity index (χ3v) is 12.5. The van der Waals surface area contributed by atoms with E-state index in [-0.39, 0.29) is 41.6 Å². The first kappa shape index (κ1) is 48.4. The number of hydrogen-bond acceptors (Lipinski definition) is 18. The Hall–Kier alpha value is -3.22. The third kappa shape index (κ3) is 15.0. The number of amides is 2. The summed E-state index contributed by atoms with van der Waals surface area (Å²) < 4.78 is 62.2. The van der Waals surface area contributed by atoms with Crippen molar-refractivity contribution >= 4 is 69.1 Å². The number of imidazole rings is 1. The van der Waals surface area contributed by atoms with Gasteiger partial charge >= 0.3 is 23.5 Å². The van der Waals surface area contributed by atoms with E-state index in [0.29, 0.717) is 18.6 Å². The average molecular weight is 914 g/mol. The Morgan fingerprint density at radius 1 is 1.00 bits per heavy atom. The maximum absolute atomic E-state index is 12.7. The van der Waals surface area contributed by atoms with Crippen molar-refractivity contribution in [1.29, 1.82) is 0 Å². The van der Waals surface area contributed by atoms with E-state index in [9.17, 15) is 57.9 Å². The second kappa shape index (κ2) is 21.0. The predicted molar refractivity (Wildman–Crippen MR) is 206 cm³/mol. The van der Waals surface area contributed by atoms with Gasteiger partial charge in [0.1, 0.15) is 36.3 Å². The van der Waals surface area contributed by atoms with E-state index in [2.05, 4.69) is 34.4 Å². The predicted octanol–water partition coefficient (Wildman–Crippen LogP) is 0.688. The number of nitrogen functional groups attached to an aromatic ring is 1. The molecule has 0 bridgehead atoms. The van der Waals surface area contributed by atoms with Crippen LogP contribution >= 0.6 is 35.2 Å². The molecule has 59 heavy (non-hydrogen) atoms. The molecule has 1 aliphatic heterocycles. The summed E-state index contributed by atoms with van der Waals surface area (Å²) in [7, 11) is -16.4. The highest BCUT2D eigenvalue weighted by atomic mass is 32.2. The van der Waals surface area contributed by atoms with Crippen LogP contribution in [0.2, 0.25) is 0 Å². The number of phosphoric acid groups is 3. The number of ether oxygens (including phenoxy) is 1. The molecule has 0 spiro atoms. The number of rotatable bonds is 23. The van der Waals surface area contributed by atoms with Crippen LogP contribution in [0.4, 0.5) is 5.82 Å². The van der Waals surface area contributed by atoms with Crippen molar-refractivity contribution in [2.45, 2.75) is 70.2 Å². The minimum atomic E-state index is -5.57. The summed E-state index contributed by atoms with van der Waals surface area (Å²) in [6.45, 7) is 0.508. The van der Waals surface area contributed by atoms with E-state index in [1.807, 2.05) is 30.3 Å².